The Hall–Kier alpha value is -2.26. The van der Waals surface area contributed by atoms with Gasteiger partial charge in [0.1, 0.15) is 5.75 Å². The van der Waals surface area contributed by atoms with E-state index in [0.717, 1.165) is 67.7 Å². The lowest BCUT2D eigenvalue weighted by Crippen LogP contribution is -2.54. The van der Waals surface area contributed by atoms with E-state index in [1.54, 1.807) is 4.90 Å². The van der Waals surface area contributed by atoms with Crippen molar-refractivity contribution in [2.45, 2.75) is 38.3 Å². The zero-order chi connectivity index (χ0) is 24.2. The molecule has 6 nitrogen and oxygen atoms in total. The third kappa shape index (κ3) is 4.77. The predicted octanol–water partition coefficient (Wildman–Crippen LogP) is 4.82. The van der Waals surface area contributed by atoms with Gasteiger partial charge in [-0.25, -0.2) is 0 Å². The van der Waals surface area contributed by atoms with Crippen LogP contribution < -0.4 is 10.1 Å². The van der Waals surface area contributed by atoms with Crippen LogP contribution in [0, 0.1) is 29.1 Å². The number of H-pyrrole nitrogens is 1. The topological polar surface area (TPSA) is 66.6 Å². The SMILES string of the molecule is O=C(Nc1c[nH]c2ccc(OCC[C@@H]3C[C@@H]4CN(CC(F)(F)F)C[C@@H]4C3)cc12)C1CC2(COC2)C1. The third-order valence-electron chi connectivity index (χ3n) is 8.58. The quantitative estimate of drug-likeness (QED) is 0.583. The number of aromatic amines is 1. The van der Waals surface area contributed by atoms with Gasteiger partial charge in [0.25, 0.3) is 0 Å². The summed E-state index contributed by atoms with van der Waals surface area (Å²) in [6, 6.07) is 5.84. The number of fused-ring (bicyclic) bond motifs is 2. The molecule has 2 aromatic rings. The van der Waals surface area contributed by atoms with E-state index in [1.165, 1.54) is 0 Å². The summed E-state index contributed by atoms with van der Waals surface area (Å²) in [5.41, 5.74) is 1.97. The first-order valence-corrected chi connectivity index (χ1v) is 12.7. The van der Waals surface area contributed by atoms with Gasteiger partial charge in [0, 0.05) is 41.5 Å². The number of likely N-dealkylation sites (tertiary alicyclic amines) is 1. The highest BCUT2D eigenvalue weighted by Gasteiger charge is 2.52. The molecule has 0 radical (unpaired) electrons. The number of aromatic nitrogens is 1. The van der Waals surface area contributed by atoms with Crippen molar-refractivity contribution >= 4 is 22.5 Å². The molecule has 190 valence electrons. The maximum atomic E-state index is 12.7. The molecule has 1 spiro atoms. The smallest absolute Gasteiger partial charge is 0.401 e. The zero-order valence-corrected chi connectivity index (χ0v) is 19.7. The second-order valence-corrected chi connectivity index (χ2v) is 11.3. The lowest BCUT2D eigenvalue weighted by atomic mass is 9.60. The Kier molecular flexibility index (Phi) is 5.75. The molecule has 9 heteroatoms. The van der Waals surface area contributed by atoms with Gasteiger partial charge in [-0.2, -0.15) is 13.2 Å². The second kappa shape index (κ2) is 8.69. The van der Waals surface area contributed by atoms with E-state index in [9.17, 15) is 18.0 Å². The molecule has 1 aromatic carbocycles. The first-order chi connectivity index (χ1) is 16.8. The Balaban J connectivity index is 0.985. The van der Waals surface area contributed by atoms with Crippen molar-refractivity contribution in [2.75, 3.05) is 44.8 Å². The zero-order valence-electron chi connectivity index (χ0n) is 19.7. The number of carbonyl (C=O) groups is 1. The third-order valence-corrected chi connectivity index (χ3v) is 8.58. The van der Waals surface area contributed by atoms with Crippen LogP contribution in [0.2, 0.25) is 0 Å². The number of ether oxygens (including phenoxy) is 2. The van der Waals surface area contributed by atoms with Gasteiger partial charge in [-0.3, -0.25) is 9.69 Å². The van der Waals surface area contributed by atoms with Crippen LogP contribution in [0.5, 0.6) is 5.75 Å². The number of hydrogen-bond donors (Lipinski definition) is 2. The minimum atomic E-state index is -4.11. The average molecular weight is 492 g/mol. The molecular formula is C26H32F3N3O3. The Bertz CT molecular complexity index is 1070. The largest absolute Gasteiger partial charge is 0.494 e. The summed E-state index contributed by atoms with van der Waals surface area (Å²) >= 11 is 0. The van der Waals surface area contributed by atoms with E-state index < -0.39 is 12.7 Å². The van der Waals surface area contributed by atoms with Crippen LogP contribution in [0.4, 0.5) is 18.9 Å². The molecule has 6 rings (SSSR count). The summed E-state index contributed by atoms with van der Waals surface area (Å²) in [6.07, 6.45) is 2.41. The van der Waals surface area contributed by atoms with Gasteiger partial charge < -0.3 is 19.8 Å². The van der Waals surface area contributed by atoms with Crippen molar-refractivity contribution in [1.82, 2.24) is 9.88 Å². The number of hydrogen-bond acceptors (Lipinski definition) is 4. The monoisotopic (exact) mass is 491 g/mol. The molecule has 0 bridgehead atoms. The summed E-state index contributed by atoms with van der Waals surface area (Å²) in [6.45, 7) is 2.49. The first kappa shape index (κ1) is 23.2. The van der Waals surface area contributed by atoms with E-state index in [-0.39, 0.29) is 17.2 Å². The molecule has 0 unspecified atom stereocenters. The van der Waals surface area contributed by atoms with Crippen molar-refractivity contribution in [3.05, 3.63) is 24.4 Å². The van der Waals surface area contributed by atoms with Crippen LogP contribution in [0.25, 0.3) is 10.9 Å². The number of nitrogens with zero attached hydrogens (tertiary/aromatic N) is 1. The van der Waals surface area contributed by atoms with Crippen LogP contribution in [0.15, 0.2) is 24.4 Å². The maximum Gasteiger partial charge on any atom is 0.401 e. The van der Waals surface area contributed by atoms with Crippen LogP contribution in [0.3, 0.4) is 0 Å². The summed E-state index contributed by atoms with van der Waals surface area (Å²) in [5, 5.41) is 4.01. The number of halogens is 3. The molecule has 2 saturated carbocycles. The fourth-order valence-electron chi connectivity index (χ4n) is 6.81. The fraction of sp³-hybridized carbons (Fsp3) is 0.654. The van der Waals surface area contributed by atoms with E-state index >= 15 is 0 Å². The van der Waals surface area contributed by atoms with Crippen LogP contribution in [-0.2, 0) is 9.53 Å². The molecule has 1 aromatic heterocycles. The van der Waals surface area contributed by atoms with Crippen LogP contribution in [-0.4, -0.2) is 61.4 Å². The molecule has 35 heavy (non-hydrogen) atoms. The van der Waals surface area contributed by atoms with Crippen molar-refractivity contribution in [3.63, 3.8) is 0 Å². The highest BCUT2D eigenvalue weighted by Crippen LogP contribution is 2.51. The molecule has 4 aliphatic rings. The van der Waals surface area contributed by atoms with Crippen molar-refractivity contribution in [2.24, 2.45) is 29.1 Å². The minimum Gasteiger partial charge on any atom is -0.494 e. The van der Waals surface area contributed by atoms with E-state index in [2.05, 4.69) is 10.3 Å². The molecule has 3 heterocycles. The van der Waals surface area contributed by atoms with Gasteiger partial charge in [-0.1, -0.05) is 0 Å². The number of benzene rings is 1. The number of alkyl halides is 3. The normalized spacial score (nSPS) is 28.1. The Morgan fingerprint density at radius 1 is 1.20 bits per heavy atom. The number of carbonyl (C=O) groups excluding carboxylic acids is 1. The predicted molar refractivity (Wildman–Crippen MR) is 125 cm³/mol. The molecule has 2 aliphatic heterocycles. The highest BCUT2D eigenvalue weighted by atomic mass is 19.4. The van der Waals surface area contributed by atoms with Crippen LogP contribution in [0.1, 0.15) is 32.1 Å². The second-order valence-electron chi connectivity index (χ2n) is 11.3. The van der Waals surface area contributed by atoms with Gasteiger partial charge in [0.15, 0.2) is 0 Å². The van der Waals surface area contributed by atoms with Crippen LogP contribution >= 0.6 is 0 Å². The molecule has 2 saturated heterocycles. The number of rotatable bonds is 7. The average Bonchev–Trinajstić information content (AvgIpc) is 3.38. The summed E-state index contributed by atoms with van der Waals surface area (Å²) < 4.78 is 49.3. The van der Waals surface area contributed by atoms with Gasteiger partial charge in [0.2, 0.25) is 5.91 Å². The van der Waals surface area contributed by atoms with Gasteiger partial charge in [-0.05, 0) is 68.1 Å². The number of amides is 1. The summed E-state index contributed by atoms with van der Waals surface area (Å²) in [5.74, 6) is 2.15. The molecule has 2 N–H and O–H groups in total. The van der Waals surface area contributed by atoms with E-state index in [4.69, 9.17) is 9.47 Å². The Morgan fingerprint density at radius 3 is 2.60 bits per heavy atom. The Morgan fingerprint density at radius 2 is 1.94 bits per heavy atom. The Labute approximate surface area is 202 Å². The highest BCUT2D eigenvalue weighted by molar-refractivity contribution is 6.03. The molecule has 4 fully saturated rings. The summed E-state index contributed by atoms with van der Waals surface area (Å²) in [4.78, 5) is 17.5. The summed E-state index contributed by atoms with van der Waals surface area (Å²) in [7, 11) is 0. The van der Waals surface area contributed by atoms with E-state index in [0.29, 0.717) is 37.5 Å². The molecule has 3 atom stereocenters. The van der Waals surface area contributed by atoms with Gasteiger partial charge in [-0.15, -0.1) is 0 Å². The maximum absolute atomic E-state index is 12.7. The first-order valence-electron chi connectivity index (χ1n) is 12.7. The van der Waals surface area contributed by atoms with Gasteiger partial charge >= 0.3 is 6.18 Å². The molecular weight excluding hydrogens is 459 g/mol. The standard InChI is InChI=1S/C26H32F3N3O3/c27-26(28,29)13-32-11-17-5-16(6-18(17)12-32)3-4-35-20-1-2-22-21(7-20)23(10-30-22)31-24(33)19-8-25(9-19)14-34-15-25/h1-2,7,10,16-19,30H,3-6,8-9,11-15H2,(H,31,33)/t16-,17-,18+. The number of anilines is 1. The minimum absolute atomic E-state index is 0.0507. The lowest BCUT2D eigenvalue weighted by molar-refractivity contribution is -0.181. The molecule has 2 aliphatic carbocycles. The van der Waals surface area contributed by atoms with Crippen molar-refractivity contribution in [3.8, 4) is 5.75 Å². The molecule has 1 amide bonds. The van der Waals surface area contributed by atoms with Crippen molar-refractivity contribution < 1.29 is 27.4 Å². The fourth-order valence-corrected chi connectivity index (χ4v) is 6.81. The number of nitrogens with one attached hydrogen (secondary N) is 2. The lowest BCUT2D eigenvalue weighted by Gasteiger charge is -2.52. The van der Waals surface area contributed by atoms with Crippen molar-refractivity contribution in [1.29, 1.82) is 0 Å². The van der Waals surface area contributed by atoms with Gasteiger partial charge in [0.05, 0.1) is 32.1 Å². The van der Waals surface area contributed by atoms with E-state index in [1.807, 2.05) is 24.4 Å².